The van der Waals surface area contributed by atoms with Crippen molar-refractivity contribution in [1.29, 1.82) is 0 Å². The summed E-state index contributed by atoms with van der Waals surface area (Å²) in [6.07, 6.45) is 1.76. The third-order valence-corrected chi connectivity index (χ3v) is 6.06. The van der Waals surface area contributed by atoms with Crippen LogP contribution in [0.5, 0.6) is 0 Å². The van der Waals surface area contributed by atoms with E-state index in [4.69, 9.17) is 4.74 Å². The van der Waals surface area contributed by atoms with Crippen molar-refractivity contribution >= 4 is 28.8 Å². The predicted octanol–water partition coefficient (Wildman–Crippen LogP) is 2.85. The molecule has 5 nitrogen and oxygen atoms in total. The average molecular weight is 388 g/mol. The molecule has 2 aliphatic heterocycles. The van der Waals surface area contributed by atoms with E-state index in [-0.39, 0.29) is 24.2 Å². The van der Waals surface area contributed by atoms with E-state index < -0.39 is 5.60 Å². The Hall–Kier alpha value is -2.25. The van der Waals surface area contributed by atoms with Gasteiger partial charge >= 0.3 is 0 Å². The Labute approximate surface area is 161 Å². The Kier molecular flexibility index (Phi) is 4.97. The molecule has 7 heteroatoms. The van der Waals surface area contributed by atoms with Gasteiger partial charge in [0.05, 0.1) is 18.6 Å². The number of carbonyl (C=O) groups excluding carboxylic acids is 2. The van der Waals surface area contributed by atoms with E-state index in [2.05, 4.69) is 0 Å². The van der Waals surface area contributed by atoms with Crippen LogP contribution in [0.1, 0.15) is 18.4 Å². The van der Waals surface area contributed by atoms with Crippen LogP contribution in [-0.4, -0.2) is 48.6 Å². The largest absolute Gasteiger partial charge is 0.363 e. The molecule has 1 aromatic heterocycles. The van der Waals surface area contributed by atoms with Crippen LogP contribution >= 0.6 is 11.3 Å². The predicted molar refractivity (Wildman–Crippen MR) is 101 cm³/mol. The number of anilines is 1. The Bertz CT molecular complexity index is 832. The first kappa shape index (κ1) is 18.1. The first-order valence-corrected chi connectivity index (χ1v) is 9.98. The Morgan fingerprint density at radius 2 is 2.07 bits per heavy atom. The summed E-state index contributed by atoms with van der Waals surface area (Å²) in [6, 6.07) is 8.05. The third kappa shape index (κ3) is 3.89. The molecule has 1 spiro atoms. The lowest BCUT2D eigenvalue weighted by Crippen LogP contribution is -2.59. The van der Waals surface area contributed by atoms with E-state index in [0.717, 1.165) is 5.56 Å². The molecule has 2 amide bonds. The first-order valence-electron chi connectivity index (χ1n) is 9.03. The van der Waals surface area contributed by atoms with Gasteiger partial charge in [-0.3, -0.25) is 9.59 Å². The van der Waals surface area contributed by atoms with Gasteiger partial charge in [0.25, 0.3) is 5.91 Å². The minimum Gasteiger partial charge on any atom is -0.363 e. The smallest absolute Gasteiger partial charge is 0.253 e. The van der Waals surface area contributed by atoms with Crippen LogP contribution in [0.2, 0.25) is 0 Å². The summed E-state index contributed by atoms with van der Waals surface area (Å²) in [5, 5.41) is 3.97. The number of morpholine rings is 1. The lowest BCUT2D eigenvalue weighted by Gasteiger charge is -2.47. The Morgan fingerprint density at radius 3 is 2.78 bits per heavy atom. The summed E-state index contributed by atoms with van der Waals surface area (Å²) in [7, 11) is 0. The summed E-state index contributed by atoms with van der Waals surface area (Å²) in [6.45, 7) is 1.59. The summed E-state index contributed by atoms with van der Waals surface area (Å²) in [5.41, 5.74) is 1.13. The zero-order valence-electron chi connectivity index (χ0n) is 14.9. The van der Waals surface area contributed by atoms with Crippen molar-refractivity contribution in [2.75, 3.05) is 31.1 Å². The summed E-state index contributed by atoms with van der Waals surface area (Å²) >= 11 is 1.59. The minimum absolute atomic E-state index is 0.0145. The van der Waals surface area contributed by atoms with E-state index in [9.17, 15) is 14.0 Å². The van der Waals surface area contributed by atoms with E-state index >= 15 is 0 Å². The molecule has 4 rings (SSSR count). The molecule has 2 saturated heterocycles. The highest BCUT2D eigenvalue weighted by Gasteiger charge is 2.43. The van der Waals surface area contributed by atoms with Gasteiger partial charge in [-0.15, -0.1) is 0 Å². The highest BCUT2D eigenvalue weighted by Crippen LogP contribution is 2.33. The van der Waals surface area contributed by atoms with Crippen molar-refractivity contribution in [3.05, 3.63) is 52.5 Å². The number of hydrogen-bond donors (Lipinski definition) is 0. The standard InChI is InChI=1S/C20H21FN2O3S/c21-16-2-1-3-17(11-16)23-14-20(26-12-19(23)25)5-7-22(8-6-20)18(24)10-15-4-9-27-13-15/h1-4,9,11,13H,5-8,10,12,14H2. The fraction of sp³-hybridized carbons (Fsp3) is 0.400. The van der Waals surface area contributed by atoms with Gasteiger partial charge in [-0.1, -0.05) is 6.07 Å². The molecule has 0 saturated carbocycles. The van der Waals surface area contributed by atoms with Crippen molar-refractivity contribution in [3.8, 4) is 0 Å². The molecule has 0 unspecified atom stereocenters. The number of halogens is 1. The fourth-order valence-electron chi connectivity index (χ4n) is 3.74. The molecule has 3 heterocycles. The van der Waals surface area contributed by atoms with Crippen molar-refractivity contribution in [2.45, 2.75) is 24.9 Å². The molecule has 0 bridgehead atoms. The molecule has 2 aliphatic rings. The number of hydrogen-bond acceptors (Lipinski definition) is 4. The number of nitrogens with zero attached hydrogens (tertiary/aromatic N) is 2. The maximum Gasteiger partial charge on any atom is 0.253 e. The molecular weight excluding hydrogens is 367 g/mol. The first-order chi connectivity index (χ1) is 13.0. The van der Waals surface area contributed by atoms with Crippen LogP contribution in [-0.2, 0) is 20.7 Å². The summed E-state index contributed by atoms with van der Waals surface area (Å²) in [4.78, 5) is 28.3. The zero-order valence-corrected chi connectivity index (χ0v) is 15.7. The zero-order chi connectivity index (χ0) is 18.9. The van der Waals surface area contributed by atoms with Gasteiger partial charge in [0.15, 0.2) is 0 Å². The molecule has 0 N–H and O–H groups in total. The van der Waals surface area contributed by atoms with E-state index in [1.54, 1.807) is 28.4 Å². The van der Waals surface area contributed by atoms with Gasteiger partial charge in [-0.05, 0) is 53.4 Å². The number of amides is 2. The molecule has 0 aliphatic carbocycles. The van der Waals surface area contributed by atoms with Crippen molar-refractivity contribution in [2.24, 2.45) is 0 Å². The highest BCUT2D eigenvalue weighted by molar-refractivity contribution is 7.08. The summed E-state index contributed by atoms with van der Waals surface area (Å²) < 4.78 is 19.5. The third-order valence-electron chi connectivity index (χ3n) is 5.33. The molecule has 142 valence electrons. The van der Waals surface area contributed by atoms with Gasteiger partial charge in [-0.25, -0.2) is 4.39 Å². The van der Waals surface area contributed by atoms with Crippen molar-refractivity contribution in [3.63, 3.8) is 0 Å². The van der Waals surface area contributed by atoms with E-state index in [1.165, 1.54) is 12.1 Å². The van der Waals surface area contributed by atoms with E-state index in [0.29, 0.717) is 44.6 Å². The van der Waals surface area contributed by atoms with Crippen LogP contribution in [0.3, 0.4) is 0 Å². The minimum atomic E-state index is -0.473. The van der Waals surface area contributed by atoms with E-state index in [1.807, 2.05) is 21.7 Å². The highest BCUT2D eigenvalue weighted by atomic mass is 32.1. The molecule has 0 radical (unpaired) electrons. The molecule has 1 aromatic carbocycles. The fourth-order valence-corrected chi connectivity index (χ4v) is 4.41. The SMILES string of the molecule is O=C(Cc1ccsc1)N1CCC2(CC1)CN(c1cccc(F)c1)C(=O)CO2. The molecule has 27 heavy (non-hydrogen) atoms. The maximum atomic E-state index is 13.6. The summed E-state index contributed by atoms with van der Waals surface area (Å²) in [5.74, 6) is -0.408. The quantitative estimate of drug-likeness (QED) is 0.813. The molecule has 2 aromatic rings. The lowest BCUT2D eigenvalue weighted by molar-refractivity contribution is -0.150. The van der Waals surface area contributed by atoms with Crippen molar-refractivity contribution in [1.82, 2.24) is 4.90 Å². The number of rotatable bonds is 3. The van der Waals surface area contributed by atoms with Gasteiger partial charge in [0, 0.05) is 18.8 Å². The average Bonchev–Trinajstić information content (AvgIpc) is 3.17. The van der Waals surface area contributed by atoms with Crippen LogP contribution in [0.25, 0.3) is 0 Å². The van der Waals surface area contributed by atoms with Crippen molar-refractivity contribution < 1.29 is 18.7 Å². The van der Waals surface area contributed by atoms with Crippen LogP contribution in [0.15, 0.2) is 41.1 Å². The topological polar surface area (TPSA) is 49.9 Å². The number of ether oxygens (including phenoxy) is 1. The number of benzene rings is 1. The van der Waals surface area contributed by atoms with Gasteiger partial charge in [0.2, 0.25) is 5.91 Å². The van der Waals surface area contributed by atoms with Gasteiger partial charge < -0.3 is 14.5 Å². The van der Waals surface area contributed by atoms with Crippen LogP contribution < -0.4 is 4.90 Å². The molecule has 2 fully saturated rings. The number of thiophene rings is 1. The maximum absolute atomic E-state index is 13.6. The Balaban J connectivity index is 1.41. The normalized spacial score (nSPS) is 19.5. The van der Waals surface area contributed by atoms with Crippen LogP contribution in [0.4, 0.5) is 10.1 Å². The van der Waals surface area contributed by atoms with Gasteiger partial charge in [-0.2, -0.15) is 11.3 Å². The second-order valence-corrected chi connectivity index (χ2v) is 7.90. The number of carbonyl (C=O) groups is 2. The molecule has 0 atom stereocenters. The molecular formula is C20H21FN2O3S. The second kappa shape index (κ2) is 7.40. The monoisotopic (exact) mass is 388 g/mol. The number of likely N-dealkylation sites (tertiary alicyclic amines) is 1. The number of piperidine rings is 1. The second-order valence-electron chi connectivity index (χ2n) is 7.12. The lowest BCUT2D eigenvalue weighted by atomic mass is 9.88. The van der Waals surface area contributed by atoms with Gasteiger partial charge in [0.1, 0.15) is 12.4 Å². The van der Waals surface area contributed by atoms with Crippen LogP contribution in [0, 0.1) is 5.82 Å². The Morgan fingerprint density at radius 1 is 1.26 bits per heavy atom.